The van der Waals surface area contributed by atoms with Crippen molar-refractivity contribution in [3.63, 3.8) is 0 Å². The maximum atomic E-state index is 6.52. The van der Waals surface area contributed by atoms with E-state index in [0.717, 1.165) is 50.1 Å². The van der Waals surface area contributed by atoms with Gasteiger partial charge in [0.05, 0.1) is 15.9 Å². The number of pyridine rings is 1. The molecule has 9 aromatic rings. The Morgan fingerprint density at radius 1 is 0.489 bits per heavy atom. The van der Waals surface area contributed by atoms with Crippen LogP contribution in [0.5, 0.6) is 0 Å². The first-order valence-corrected chi connectivity index (χ1v) is 15.9. The lowest BCUT2D eigenvalue weighted by atomic mass is 10.0. The fraction of sp³-hybridized carbons (Fsp3) is 0. The second-order valence-electron chi connectivity index (χ2n) is 11.2. The van der Waals surface area contributed by atoms with E-state index in [1.807, 2.05) is 24.4 Å². The first-order chi connectivity index (χ1) is 22.3. The van der Waals surface area contributed by atoms with Crippen LogP contribution in [0.3, 0.4) is 0 Å². The number of para-hydroxylation sites is 2. The standard InChI is InChI=1S/C41H26N2OS/c1-2-8-27(9-3-1)28-15-20-31(21-16-28)43(36-12-6-11-34-33-10-4-5-13-37(33)44-41(34)36)32-22-17-29(18-23-32)30-19-24-38-35(26-30)40-39(45-38)14-7-25-42-40/h1-26H. The molecular formula is C41H26N2OS. The highest BCUT2D eigenvalue weighted by molar-refractivity contribution is 7.25. The molecule has 0 atom stereocenters. The maximum Gasteiger partial charge on any atom is 0.159 e. The zero-order chi connectivity index (χ0) is 29.7. The number of rotatable bonds is 5. The van der Waals surface area contributed by atoms with Gasteiger partial charge in [0.15, 0.2) is 5.58 Å². The van der Waals surface area contributed by atoms with Crippen molar-refractivity contribution in [2.45, 2.75) is 0 Å². The Bertz CT molecular complexity index is 2480. The molecule has 0 fully saturated rings. The van der Waals surface area contributed by atoms with Crippen LogP contribution in [0.25, 0.3) is 64.5 Å². The number of thiophene rings is 1. The van der Waals surface area contributed by atoms with E-state index in [-0.39, 0.29) is 0 Å². The zero-order valence-electron chi connectivity index (χ0n) is 24.2. The largest absolute Gasteiger partial charge is 0.454 e. The number of fused-ring (bicyclic) bond motifs is 6. The van der Waals surface area contributed by atoms with Crippen molar-refractivity contribution in [2.24, 2.45) is 0 Å². The third kappa shape index (κ3) is 4.38. The van der Waals surface area contributed by atoms with Gasteiger partial charge >= 0.3 is 0 Å². The van der Waals surface area contributed by atoms with Crippen molar-refractivity contribution in [3.8, 4) is 22.3 Å². The van der Waals surface area contributed by atoms with Gasteiger partial charge in [-0.2, -0.15) is 0 Å². The fourth-order valence-electron chi connectivity index (χ4n) is 6.35. The monoisotopic (exact) mass is 594 g/mol. The summed E-state index contributed by atoms with van der Waals surface area (Å²) in [6.07, 6.45) is 1.87. The molecule has 0 saturated heterocycles. The van der Waals surface area contributed by atoms with Crippen molar-refractivity contribution < 1.29 is 4.42 Å². The van der Waals surface area contributed by atoms with Gasteiger partial charge in [-0.1, -0.05) is 91.0 Å². The van der Waals surface area contributed by atoms with Crippen LogP contribution in [0, 0.1) is 0 Å². The Hall–Kier alpha value is -5.71. The third-order valence-corrected chi connectivity index (χ3v) is 9.67. The predicted octanol–water partition coefficient (Wildman–Crippen LogP) is 12.2. The Morgan fingerprint density at radius 3 is 1.96 bits per heavy atom. The van der Waals surface area contributed by atoms with Gasteiger partial charge in [-0.25, -0.2) is 0 Å². The molecule has 212 valence electrons. The number of anilines is 3. The van der Waals surface area contributed by atoms with Crippen LogP contribution in [-0.4, -0.2) is 4.98 Å². The van der Waals surface area contributed by atoms with Gasteiger partial charge in [0.2, 0.25) is 0 Å². The Kier molecular flexibility index (Phi) is 6.00. The molecule has 0 spiro atoms. The molecule has 0 aliphatic heterocycles. The van der Waals surface area contributed by atoms with Gasteiger partial charge in [0.1, 0.15) is 5.58 Å². The molecule has 0 saturated carbocycles. The smallest absolute Gasteiger partial charge is 0.159 e. The molecule has 4 heteroatoms. The second-order valence-corrected chi connectivity index (χ2v) is 12.3. The maximum absolute atomic E-state index is 6.52. The minimum absolute atomic E-state index is 0.872. The van der Waals surface area contributed by atoms with E-state index in [2.05, 4.69) is 143 Å². The summed E-state index contributed by atoms with van der Waals surface area (Å²) in [6, 6.07) is 53.6. The predicted molar refractivity (Wildman–Crippen MR) is 190 cm³/mol. The van der Waals surface area contributed by atoms with Gasteiger partial charge in [-0.15, -0.1) is 11.3 Å². The first kappa shape index (κ1) is 25.8. The number of aromatic nitrogens is 1. The van der Waals surface area contributed by atoms with Crippen LogP contribution in [0.15, 0.2) is 162 Å². The molecule has 0 aliphatic carbocycles. The van der Waals surface area contributed by atoms with E-state index in [1.54, 1.807) is 11.3 Å². The Balaban J connectivity index is 1.17. The minimum Gasteiger partial charge on any atom is -0.454 e. The van der Waals surface area contributed by atoms with Crippen molar-refractivity contribution in [1.82, 2.24) is 4.98 Å². The topological polar surface area (TPSA) is 29.3 Å². The molecule has 9 rings (SSSR count). The van der Waals surface area contributed by atoms with Crippen LogP contribution in [0.2, 0.25) is 0 Å². The highest BCUT2D eigenvalue weighted by atomic mass is 32.1. The summed E-state index contributed by atoms with van der Waals surface area (Å²) < 4.78 is 8.99. The average Bonchev–Trinajstić information content (AvgIpc) is 3.68. The molecule has 3 aromatic heterocycles. The van der Waals surface area contributed by atoms with Crippen LogP contribution < -0.4 is 4.90 Å². The van der Waals surface area contributed by atoms with Gasteiger partial charge in [-0.3, -0.25) is 4.98 Å². The Labute approximate surface area is 264 Å². The molecule has 0 amide bonds. The Morgan fingerprint density at radius 2 is 1.16 bits per heavy atom. The summed E-state index contributed by atoms with van der Waals surface area (Å²) in [6.45, 7) is 0. The van der Waals surface area contributed by atoms with Gasteiger partial charge in [0.25, 0.3) is 0 Å². The molecule has 0 radical (unpaired) electrons. The molecular weight excluding hydrogens is 569 g/mol. The van der Waals surface area contributed by atoms with Crippen molar-refractivity contribution in [2.75, 3.05) is 4.90 Å². The van der Waals surface area contributed by atoms with Crippen molar-refractivity contribution in [1.29, 1.82) is 0 Å². The van der Waals surface area contributed by atoms with Crippen LogP contribution in [0.1, 0.15) is 0 Å². The molecule has 0 unspecified atom stereocenters. The summed E-state index contributed by atoms with van der Waals surface area (Å²) in [4.78, 5) is 6.96. The number of hydrogen-bond acceptors (Lipinski definition) is 4. The second kappa shape index (κ2) is 10.5. The molecule has 3 heterocycles. The highest BCUT2D eigenvalue weighted by Crippen LogP contribution is 2.43. The normalized spacial score (nSPS) is 11.6. The molecule has 0 aliphatic rings. The summed E-state index contributed by atoms with van der Waals surface area (Å²) >= 11 is 1.79. The first-order valence-electron chi connectivity index (χ1n) is 15.0. The molecule has 0 bridgehead atoms. The van der Waals surface area contributed by atoms with Crippen molar-refractivity contribution >= 4 is 70.6 Å². The van der Waals surface area contributed by atoms with Gasteiger partial charge in [-0.05, 0) is 82.9 Å². The quantitative estimate of drug-likeness (QED) is 0.198. The summed E-state index contributed by atoms with van der Waals surface area (Å²) in [5, 5.41) is 3.43. The summed E-state index contributed by atoms with van der Waals surface area (Å²) in [5.41, 5.74) is 10.7. The van der Waals surface area contributed by atoms with Crippen LogP contribution in [-0.2, 0) is 0 Å². The number of furan rings is 1. The molecule has 45 heavy (non-hydrogen) atoms. The zero-order valence-corrected chi connectivity index (χ0v) is 25.0. The lowest BCUT2D eigenvalue weighted by Gasteiger charge is -2.26. The van der Waals surface area contributed by atoms with E-state index in [0.29, 0.717) is 0 Å². The van der Waals surface area contributed by atoms with Gasteiger partial charge in [0, 0.05) is 38.4 Å². The summed E-state index contributed by atoms with van der Waals surface area (Å²) in [7, 11) is 0. The van der Waals surface area contributed by atoms with Crippen LogP contribution in [0.4, 0.5) is 17.1 Å². The fourth-order valence-corrected chi connectivity index (χ4v) is 7.39. The molecule has 6 aromatic carbocycles. The van der Waals surface area contributed by atoms with E-state index in [1.165, 1.54) is 31.5 Å². The van der Waals surface area contributed by atoms with Crippen LogP contribution >= 0.6 is 11.3 Å². The molecule has 3 nitrogen and oxygen atoms in total. The lowest BCUT2D eigenvalue weighted by Crippen LogP contribution is -2.10. The number of nitrogens with zero attached hydrogens (tertiary/aromatic N) is 2. The van der Waals surface area contributed by atoms with E-state index in [4.69, 9.17) is 4.42 Å². The SMILES string of the molecule is c1ccc(-c2ccc(N(c3ccc(-c4ccc5sc6cccnc6c5c4)cc3)c3cccc4c3oc3ccccc34)cc2)cc1. The third-order valence-electron chi connectivity index (χ3n) is 8.54. The van der Waals surface area contributed by atoms with Gasteiger partial charge < -0.3 is 9.32 Å². The van der Waals surface area contributed by atoms with E-state index in [9.17, 15) is 0 Å². The lowest BCUT2D eigenvalue weighted by molar-refractivity contribution is 0.669. The summed E-state index contributed by atoms with van der Waals surface area (Å²) in [5.74, 6) is 0. The van der Waals surface area contributed by atoms with E-state index < -0.39 is 0 Å². The number of benzene rings is 6. The van der Waals surface area contributed by atoms with E-state index >= 15 is 0 Å². The number of hydrogen-bond donors (Lipinski definition) is 0. The highest BCUT2D eigenvalue weighted by Gasteiger charge is 2.19. The average molecular weight is 595 g/mol. The minimum atomic E-state index is 0.872. The van der Waals surface area contributed by atoms with Crippen molar-refractivity contribution in [3.05, 3.63) is 158 Å². The molecule has 0 N–H and O–H groups in total.